The number of hydrogen-bond donors (Lipinski definition) is 2. The predicted octanol–water partition coefficient (Wildman–Crippen LogP) is 3.96. The van der Waals surface area contributed by atoms with Crippen molar-refractivity contribution in [2.45, 2.75) is 6.42 Å². The fraction of sp³-hybridized carbons (Fsp3) is 0.0588. The van der Waals surface area contributed by atoms with E-state index in [2.05, 4.69) is 15.6 Å². The molecule has 1 aliphatic heterocycles. The van der Waals surface area contributed by atoms with E-state index in [-0.39, 0.29) is 6.03 Å². The molecule has 4 heteroatoms. The van der Waals surface area contributed by atoms with Crippen LogP contribution in [0.4, 0.5) is 16.2 Å². The molecule has 3 rings (SSSR count). The molecule has 0 saturated carbocycles. The molecule has 0 radical (unpaired) electrons. The third kappa shape index (κ3) is 3.36. The highest BCUT2D eigenvalue weighted by Crippen LogP contribution is 2.23. The number of urea groups is 1. The minimum Gasteiger partial charge on any atom is -0.308 e. The Morgan fingerprint density at radius 3 is 2.57 bits per heavy atom. The van der Waals surface area contributed by atoms with Crippen LogP contribution in [0.15, 0.2) is 65.7 Å². The first-order chi connectivity index (χ1) is 10.3. The molecule has 0 fully saturated rings. The number of amidine groups is 1. The van der Waals surface area contributed by atoms with E-state index in [1.54, 1.807) is 0 Å². The summed E-state index contributed by atoms with van der Waals surface area (Å²) >= 11 is 0. The van der Waals surface area contributed by atoms with Crippen molar-refractivity contribution < 1.29 is 4.79 Å². The molecule has 4 nitrogen and oxygen atoms in total. The number of hydrogen-bond acceptors (Lipinski definition) is 2. The second-order valence-electron chi connectivity index (χ2n) is 4.67. The summed E-state index contributed by atoms with van der Waals surface area (Å²) in [5.41, 5.74) is 2.67. The van der Waals surface area contributed by atoms with Crippen LogP contribution >= 0.6 is 0 Å². The van der Waals surface area contributed by atoms with Crippen molar-refractivity contribution in [3.8, 4) is 0 Å². The van der Waals surface area contributed by atoms with Gasteiger partial charge in [0.15, 0.2) is 0 Å². The van der Waals surface area contributed by atoms with Crippen molar-refractivity contribution in [2.24, 2.45) is 4.99 Å². The maximum Gasteiger partial charge on any atom is 0.324 e. The highest BCUT2D eigenvalue weighted by molar-refractivity contribution is 6.05. The Morgan fingerprint density at radius 1 is 0.952 bits per heavy atom. The van der Waals surface area contributed by atoms with E-state index in [1.807, 2.05) is 66.7 Å². The van der Waals surface area contributed by atoms with Gasteiger partial charge in [-0.1, -0.05) is 48.6 Å². The maximum absolute atomic E-state index is 12.0. The quantitative estimate of drug-likeness (QED) is 0.814. The van der Waals surface area contributed by atoms with Crippen molar-refractivity contribution in [3.63, 3.8) is 0 Å². The third-order valence-corrected chi connectivity index (χ3v) is 3.09. The van der Waals surface area contributed by atoms with E-state index in [0.29, 0.717) is 12.3 Å². The standard InChI is InChI=1S/C17H15N3O/c21-17(18-14-9-2-1-3-10-14)20-16-12-6-8-13-7-4-5-11-15(13)19-16/h1-11H,12H2,(H2,18,19,20,21). The highest BCUT2D eigenvalue weighted by atomic mass is 16.2. The molecule has 104 valence electrons. The molecule has 21 heavy (non-hydrogen) atoms. The number of nitrogens with one attached hydrogen (secondary N) is 2. The summed E-state index contributed by atoms with van der Waals surface area (Å²) in [5.74, 6) is 0.629. The lowest BCUT2D eigenvalue weighted by atomic mass is 10.2. The summed E-state index contributed by atoms with van der Waals surface area (Å²) in [5, 5.41) is 5.58. The topological polar surface area (TPSA) is 53.5 Å². The van der Waals surface area contributed by atoms with Gasteiger partial charge in [-0.2, -0.15) is 0 Å². The lowest BCUT2D eigenvalue weighted by molar-refractivity contribution is 0.256. The average molecular weight is 277 g/mol. The number of aliphatic imine (C=N–C) groups is 1. The Bertz CT molecular complexity index is 705. The minimum atomic E-state index is -0.285. The lowest BCUT2D eigenvalue weighted by Gasteiger charge is -2.08. The second kappa shape index (κ2) is 6.05. The summed E-state index contributed by atoms with van der Waals surface area (Å²) in [6.07, 6.45) is 4.60. The lowest BCUT2D eigenvalue weighted by Crippen LogP contribution is -2.33. The largest absolute Gasteiger partial charge is 0.324 e. The first-order valence-electron chi connectivity index (χ1n) is 6.77. The SMILES string of the molecule is O=C(NC1=Nc2ccccc2C=CC1)Nc1ccccc1. The van der Waals surface area contributed by atoms with Gasteiger partial charge >= 0.3 is 6.03 Å². The molecular weight excluding hydrogens is 262 g/mol. The van der Waals surface area contributed by atoms with Crippen LogP contribution in [0, 0.1) is 0 Å². The van der Waals surface area contributed by atoms with Crippen molar-refractivity contribution in [1.82, 2.24) is 5.32 Å². The molecule has 0 unspecified atom stereocenters. The first kappa shape index (κ1) is 13.1. The molecule has 2 aromatic rings. The predicted molar refractivity (Wildman–Crippen MR) is 85.8 cm³/mol. The Kier molecular flexibility index (Phi) is 3.78. The zero-order valence-corrected chi connectivity index (χ0v) is 11.4. The van der Waals surface area contributed by atoms with E-state index in [4.69, 9.17) is 0 Å². The average Bonchev–Trinajstić information content (AvgIpc) is 2.69. The molecule has 1 heterocycles. The van der Waals surface area contributed by atoms with Gasteiger partial charge in [0.25, 0.3) is 0 Å². The Labute approximate surface area is 123 Å². The summed E-state index contributed by atoms with van der Waals surface area (Å²) in [6, 6.07) is 16.9. The molecule has 0 aliphatic carbocycles. The number of rotatable bonds is 1. The molecule has 0 saturated heterocycles. The Morgan fingerprint density at radius 2 is 1.71 bits per heavy atom. The normalized spacial score (nSPS) is 12.9. The zero-order chi connectivity index (χ0) is 14.5. The minimum absolute atomic E-state index is 0.285. The van der Waals surface area contributed by atoms with Crippen LogP contribution in [0.5, 0.6) is 0 Å². The van der Waals surface area contributed by atoms with Crippen LogP contribution in [0.1, 0.15) is 12.0 Å². The molecule has 0 aromatic heterocycles. The monoisotopic (exact) mass is 277 g/mol. The third-order valence-electron chi connectivity index (χ3n) is 3.09. The molecule has 0 spiro atoms. The van der Waals surface area contributed by atoms with Gasteiger partial charge in [-0.15, -0.1) is 0 Å². The number of amides is 2. The number of nitrogens with zero attached hydrogens (tertiary/aromatic N) is 1. The smallest absolute Gasteiger partial charge is 0.308 e. The van der Waals surface area contributed by atoms with Gasteiger partial charge in [-0.25, -0.2) is 9.79 Å². The molecule has 2 aromatic carbocycles. The van der Waals surface area contributed by atoms with Crippen LogP contribution in [0.25, 0.3) is 6.08 Å². The summed E-state index contributed by atoms with van der Waals surface area (Å²) < 4.78 is 0. The van der Waals surface area contributed by atoms with E-state index < -0.39 is 0 Å². The van der Waals surface area contributed by atoms with Crippen molar-refractivity contribution >= 4 is 29.3 Å². The van der Waals surface area contributed by atoms with Crippen LogP contribution in [-0.4, -0.2) is 11.9 Å². The molecule has 0 atom stereocenters. The summed E-state index contributed by atoms with van der Waals surface area (Å²) in [7, 11) is 0. The van der Waals surface area contributed by atoms with Gasteiger partial charge in [0, 0.05) is 12.1 Å². The number of para-hydroxylation sites is 2. The second-order valence-corrected chi connectivity index (χ2v) is 4.67. The molecule has 2 amide bonds. The fourth-order valence-electron chi connectivity index (χ4n) is 2.11. The van der Waals surface area contributed by atoms with Crippen molar-refractivity contribution in [3.05, 3.63) is 66.2 Å². The maximum atomic E-state index is 12.0. The number of anilines is 1. The summed E-state index contributed by atoms with van der Waals surface area (Å²) in [6.45, 7) is 0. The van der Waals surface area contributed by atoms with Gasteiger partial charge in [-0.05, 0) is 23.8 Å². The van der Waals surface area contributed by atoms with Gasteiger partial charge < -0.3 is 5.32 Å². The van der Waals surface area contributed by atoms with E-state index >= 15 is 0 Å². The van der Waals surface area contributed by atoms with Crippen LogP contribution in [-0.2, 0) is 0 Å². The molecule has 0 bridgehead atoms. The van der Waals surface area contributed by atoms with Crippen LogP contribution in [0.3, 0.4) is 0 Å². The molecular formula is C17H15N3O. The van der Waals surface area contributed by atoms with Crippen molar-refractivity contribution in [2.75, 3.05) is 5.32 Å². The number of carbonyl (C=O) groups is 1. The number of benzene rings is 2. The number of fused-ring (bicyclic) bond motifs is 1. The van der Waals surface area contributed by atoms with Gasteiger partial charge in [0.2, 0.25) is 0 Å². The van der Waals surface area contributed by atoms with Crippen molar-refractivity contribution in [1.29, 1.82) is 0 Å². The Hall–Kier alpha value is -2.88. The zero-order valence-electron chi connectivity index (χ0n) is 11.4. The fourth-order valence-corrected chi connectivity index (χ4v) is 2.11. The van der Waals surface area contributed by atoms with Gasteiger partial charge in [0.05, 0.1) is 5.69 Å². The van der Waals surface area contributed by atoms with Crippen LogP contribution in [0.2, 0.25) is 0 Å². The highest BCUT2D eigenvalue weighted by Gasteiger charge is 2.09. The van der Waals surface area contributed by atoms with Crippen LogP contribution < -0.4 is 10.6 Å². The molecule has 1 aliphatic rings. The van der Waals surface area contributed by atoms with E-state index in [9.17, 15) is 4.79 Å². The first-order valence-corrected chi connectivity index (χ1v) is 6.77. The Balaban J connectivity index is 1.72. The van der Waals surface area contributed by atoms with E-state index in [1.165, 1.54) is 0 Å². The van der Waals surface area contributed by atoms with E-state index in [0.717, 1.165) is 16.9 Å². The van der Waals surface area contributed by atoms with Gasteiger partial charge in [-0.3, -0.25) is 5.32 Å². The number of carbonyl (C=O) groups excluding carboxylic acids is 1. The van der Waals surface area contributed by atoms with Gasteiger partial charge in [0.1, 0.15) is 5.84 Å². The molecule has 2 N–H and O–H groups in total. The summed E-state index contributed by atoms with van der Waals surface area (Å²) in [4.78, 5) is 16.5.